The largest absolute Gasteiger partial charge is 0.495 e. The van der Waals surface area contributed by atoms with Crippen LogP contribution in [0.15, 0.2) is 72.9 Å². The highest BCUT2D eigenvalue weighted by Crippen LogP contribution is 2.45. The number of ether oxygens (including phenoxy) is 2. The van der Waals surface area contributed by atoms with Crippen LogP contribution in [-0.2, 0) is 9.53 Å². The minimum absolute atomic E-state index is 0.0938. The van der Waals surface area contributed by atoms with Gasteiger partial charge in [-0.1, -0.05) is 18.2 Å². The number of hydrogen-bond donors (Lipinski definition) is 2. The second kappa shape index (κ2) is 11.4. The number of thiocarbonyl (C=S) groups is 1. The molecule has 0 spiro atoms. The lowest BCUT2D eigenvalue weighted by molar-refractivity contribution is -0.119. The summed E-state index contributed by atoms with van der Waals surface area (Å²) in [6.07, 6.45) is 1.75. The van der Waals surface area contributed by atoms with Crippen LogP contribution in [0.2, 0.25) is 0 Å². The maximum absolute atomic E-state index is 14.9. The number of nitrogens with zero attached hydrogens (tertiary/aromatic N) is 3. The summed E-state index contributed by atoms with van der Waals surface area (Å²) in [6, 6.07) is 19.4. The van der Waals surface area contributed by atoms with Crippen molar-refractivity contribution < 1.29 is 18.7 Å². The van der Waals surface area contributed by atoms with E-state index < -0.39 is 0 Å². The summed E-state index contributed by atoms with van der Waals surface area (Å²) in [7, 11) is 3.00. The third kappa shape index (κ3) is 5.03. The van der Waals surface area contributed by atoms with E-state index in [2.05, 4.69) is 21.7 Å². The number of benzene rings is 2. The lowest BCUT2D eigenvalue weighted by Gasteiger charge is -2.29. The first kappa shape index (κ1) is 27.3. The molecule has 0 radical (unpaired) electrons. The Morgan fingerprint density at radius 3 is 2.58 bits per heavy atom. The van der Waals surface area contributed by atoms with Crippen molar-refractivity contribution in [2.75, 3.05) is 31.0 Å². The molecule has 3 heterocycles. The van der Waals surface area contributed by atoms with Gasteiger partial charge in [-0.05, 0) is 80.2 Å². The highest BCUT2D eigenvalue weighted by Gasteiger charge is 2.42. The molecule has 0 unspecified atom stereocenters. The summed E-state index contributed by atoms with van der Waals surface area (Å²) < 4.78 is 27.3. The fraction of sp³-hybridized carbons (Fsp3) is 0.233. The minimum Gasteiger partial charge on any atom is -0.495 e. The second-order valence-electron chi connectivity index (χ2n) is 9.48. The molecule has 1 fully saturated rings. The normalized spacial score (nSPS) is 16.6. The van der Waals surface area contributed by atoms with Gasteiger partial charge in [0, 0.05) is 30.4 Å². The second-order valence-corrected chi connectivity index (χ2v) is 9.86. The predicted molar refractivity (Wildman–Crippen MR) is 157 cm³/mol. The SMILES string of the molecule is COCC(=O)Nc1cc(N2C(=S)N[C@H](c3ccccn3)[C@H]2c2cc(C)n(-c3ccccc3F)c2C)ccc1OC. The van der Waals surface area contributed by atoms with Crippen LogP contribution in [0, 0.1) is 19.7 Å². The molecule has 4 aromatic rings. The van der Waals surface area contributed by atoms with Gasteiger partial charge in [-0.2, -0.15) is 0 Å². The summed E-state index contributed by atoms with van der Waals surface area (Å²) in [6.45, 7) is 3.85. The van der Waals surface area contributed by atoms with Crippen LogP contribution >= 0.6 is 12.2 Å². The van der Waals surface area contributed by atoms with Crippen molar-refractivity contribution >= 4 is 34.6 Å². The molecule has 2 N–H and O–H groups in total. The van der Waals surface area contributed by atoms with Crippen LogP contribution in [0.3, 0.4) is 0 Å². The summed E-state index contributed by atoms with van der Waals surface area (Å²) in [5.74, 6) is -0.112. The summed E-state index contributed by atoms with van der Waals surface area (Å²) in [5.41, 5.74) is 5.25. The summed E-state index contributed by atoms with van der Waals surface area (Å²) >= 11 is 5.89. The molecule has 1 aliphatic heterocycles. The van der Waals surface area contributed by atoms with E-state index >= 15 is 0 Å². The zero-order valence-corrected chi connectivity index (χ0v) is 23.5. The first-order valence-electron chi connectivity index (χ1n) is 12.7. The van der Waals surface area contributed by atoms with Crippen molar-refractivity contribution in [3.63, 3.8) is 0 Å². The molecule has 0 bridgehead atoms. The van der Waals surface area contributed by atoms with Crippen LogP contribution in [0.5, 0.6) is 5.75 Å². The van der Waals surface area contributed by atoms with Crippen molar-refractivity contribution in [3.05, 3.63) is 101 Å². The van der Waals surface area contributed by atoms with Gasteiger partial charge in [0.2, 0.25) is 5.91 Å². The third-order valence-corrected chi connectivity index (χ3v) is 7.31. The minimum atomic E-state index is -0.329. The van der Waals surface area contributed by atoms with Crippen LogP contribution in [0.25, 0.3) is 5.69 Å². The number of rotatable bonds is 8. The van der Waals surface area contributed by atoms with Crippen molar-refractivity contribution in [1.29, 1.82) is 0 Å². The van der Waals surface area contributed by atoms with Gasteiger partial charge in [-0.3, -0.25) is 9.78 Å². The third-order valence-electron chi connectivity index (χ3n) is 6.99. The van der Waals surface area contributed by atoms with Gasteiger partial charge in [0.15, 0.2) is 5.11 Å². The van der Waals surface area contributed by atoms with E-state index in [-0.39, 0.29) is 30.4 Å². The van der Waals surface area contributed by atoms with Crippen molar-refractivity contribution in [1.82, 2.24) is 14.9 Å². The molecule has 1 amide bonds. The standard InChI is InChI=1S/C30H30FN5O3S/c1-18-15-21(19(2)35(18)25-11-6-5-9-22(25)31)29-28(23-10-7-8-14-32-23)34-30(40)36(29)20-12-13-26(39-4)24(16-20)33-27(37)17-38-3/h5-16,28-29H,17H2,1-4H3,(H,33,37)(H,34,40)/t28-,29-/m1/s1. The van der Waals surface area contributed by atoms with Crippen molar-refractivity contribution in [2.45, 2.75) is 25.9 Å². The van der Waals surface area contributed by atoms with E-state index in [1.807, 2.05) is 59.7 Å². The van der Waals surface area contributed by atoms with Crippen LogP contribution < -0.4 is 20.3 Å². The fourth-order valence-corrected chi connectivity index (χ4v) is 5.65. The van der Waals surface area contributed by atoms with E-state index in [1.54, 1.807) is 31.5 Å². The van der Waals surface area contributed by atoms with Gasteiger partial charge in [0.25, 0.3) is 0 Å². The van der Waals surface area contributed by atoms with Crippen LogP contribution in [0.1, 0.15) is 34.7 Å². The molecule has 8 nitrogen and oxygen atoms in total. The number of aromatic nitrogens is 2. The average molecular weight is 560 g/mol. The molecule has 206 valence electrons. The van der Waals surface area contributed by atoms with Crippen molar-refractivity contribution in [2.24, 2.45) is 0 Å². The molecular formula is C30H30FN5O3S. The maximum atomic E-state index is 14.9. The predicted octanol–water partition coefficient (Wildman–Crippen LogP) is 5.40. The van der Waals surface area contributed by atoms with Gasteiger partial charge in [0.1, 0.15) is 18.2 Å². The number of anilines is 2. The molecule has 2 atom stereocenters. The molecule has 0 saturated carbocycles. The molecule has 2 aromatic carbocycles. The Morgan fingerprint density at radius 2 is 1.88 bits per heavy atom. The molecule has 40 heavy (non-hydrogen) atoms. The van der Waals surface area contributed by atoms with Crippen LogP contribution in [-0.4, -0.2) is 41.4 Å². The number of carbonyl (C=O) groups excluding carboxylic acids is 1. The number of aryl methyl sites for hydroxylation is 1. The number of hydrogen-bond acceptors (Lipinski definition) is 5. The number of halogens is 1. The molecule has 0 aliphatic carbocycles. The first-order chi connectivity index (χ1) is 19.3. The molecular weight excluding hydrogens is 529 g/mol. The molecule has 2 aromatic heterocycles. The first-order valence-corrected chi connectivity index (χ1v) is 13.2. The highest BCUT2D eigenvalue weighted by atomic mass is 32.1. The monoisotopic (exact) mass is 559 g/mol. The zero-order valence-electron chi connectivity index (χ0n) is 22.6. The number of para-hydroxylation sites is 1. The molecule has 5 rings (SSSR count). The van der Waals surface area contributed by atoms with Gasteiger partial charge >= 0.3 is 0 Å². The van der Waals surface area contributed by atoms with E-state index in [1.165, 1.54) is 13.2 Å². The highest BCUT2D eigenvalue weighted by molar-refractivity contribution is 7.80. The molecule has 1 aliphatic rings. The Labute approximate surface area is 237 Å². The van der Waals surface area contributed by atoms with E-state index in [0.717, 1.165) is 28.3 Å². The van der Waals surface area contributed by atoms with Gasteiger partial charge < -0.3 is 29.6 Å². The van der Waals surface area contributed by atoms with Gasteiger partial charge in [0.05, 0.1) is 36.3 Å². The fourth-order valence-electron chi connectivity index (χ4n) is 5.30. The van der Waals surface area contributed by atoms with E-state index in [4.69, 9.17) is 21.7 Å². The van der Waals surface area contributed by atoms with Crippen molar-refractivity contribution in [3.8, 4) is 11.4 Å². The number of carbonyl (C=O) groups is 1. The number of pyridine rings is 1. The quantitative estimate of drug-likeness (QED) is 0.280. The summed E-state index contributed by atoms with van der Waals surface area (Å²) in [5, 5.41) is 6.81. The Balaban J connectivity index is 1.66. The Bertz CT molecular complexity index is 1560. The van der Waals surface area contributed by atoms with Gasteiger partial charge in [-0.25, -0.2) is 4.39 Å². The maximum Gasteiger partial charge on any atom is 0.250 e. The van der Waals surface area contributed by atoms with E-state index in [0.29, 0.717) is 22.2 Å². The number of methoxy groups -OCH3 is 2. The lowest BCUT2D eigenvalue weighted by Crippen LogP contribution is -2.29. The molecule has 1 saturated heterocycles. The van der Waals surface area contributed by atoms with E-state index in [9.17, 15) is 9.18 Å². The smallest absolute Gasteiger partial charge is 0.250 e. The van der Waals surface area contributed by atoms with Crippen LogP contribution in [0.4, 0.5) is 15.8 Å². The number of amides is 1. The average Bonchev–Trinajstić information content (AvgIpc) is 3.44. The topological polar surface area (TPSA) is 80.7 Å². The Hall–Kier alpha value is -4.28. The zero-order chi connectivity index (χ0) is 28.4. The Morgan fingerprint density at radius 1 is 1.10 bits per heavy atom. The number of nitrogens with one attached hydrogen (secondary N) is 2. The Kier molecular flexibility index (Phi) is 7.81. The molecule has 10 heteroatoms. The van der Waals surface area contributed by atoms with Gasteiger partial charge in [-0.15, -0.1) is 0 Å². The summed E-state index contributed by atoms with van der Waals surface area (Å²) in [4.78, 5) is 19.0. The lowest BCUT2D eigenvalue weighted by atomic mass is 9.96.